The Morgan fingerprint density at radius 3 is 2.57 bits per heavy atom. The summed E-state index contributed by atoms with van der Waals surface area (Å²) in [4.78, 5) is 0. The molecular weight excluding hydrogens is 335 g/mol. The molecule has 1 aromatic heterocycles. The number of rotatable bonds is 6. The monoisotopic (exact) mass is 348 g/mol. The molecule has 0 saturated carbocycles. The molecule has 7 heteroatoms. The van der Waals surface area contributed by atoms with E-state index in [1.165, 1.54) is 0 Å². The van der Waals surface area contributed by atoms with Crippen LogP contribution in [0.15, 0.2) is 55.1 Å². The fourth-order valence-electron chi connectivity index (χ4n) is 2.06. The molecule has 1 N–H and O–H groups in total. The van der Waals surface area contributed by atoms with E-state index in [1.54, 1.807) is 23.4 Å². The van der Waals surface area contributed by atoms with Crippen molar-refractivity contribution in [2.24, 2.45) is 0 Å². The van der Waals surface area contributed by atoms with Crippen LogP contribution < -0.4 is 10.2 Å². The van der Waals surface area contributed by atoms with Gasteiger partial charge in [0, 0.05) is 21.2 Å². The van der Waals surface area contributed by atoms with E-state index < -0.39 is 0 Å². The van der Waals surface area contributed by atoms with Gasteiger partial charge >= 0.3 is 0 Å². The molecule has 0 radical (unpaired) electrons. The predicted molar refractivity (Wildman–Crippen MR) is 90.3 cm³/mol. The SMILES string of the molecule is Clc1ccc(OCc2ccccc2Cl)c(CNn2cnnc2)c1. The summed E-state index contributed by atoms with van der Waals surface area (Å²) in [6.45, 7) is 0.914. The van der Waals surface area contributed by atoms with Gasteiger partial charge in [0.1, 0.15) is 25.0 Å². The first-order chi connectivity index (χ1) is 11.2. The Morgan fingerprint density at radius 1 is 1.00 bits per heavy atom. The van der Waals surface area contributed by atoms with E-state index in [9.17, 15) is 0 Å². The smallest absolute Gasteiger partial charge is 0.138 e. The summed E-state index contributed by atoms with van der Waals surface area (Å²) in [5.74, 6) is 0.745. The minimum atomic E-state index is 0.390. The summed E-state index contributed by atoms with van der Waals surface area (Å²) in [5, 5.41) is 8.81. The molecule has 0 unspecified atom stereocenters. The third-order valence-corrected chi connectivity index (χ3v) is 3.84. The molecule has 0 bridgehead atoms. The van der Waals surface area contributed by atoms with Crippen molar-refractivity contribution in [2.75, 3.05) is 5.43 Å². The highest BCUT2D eigenvalue weighted by atomic mass is 35.5. The highest BCUT2D eigenvalue weighted by Gasteiger charge is 2.07. The van der Waals surface area contributed by atoms with Crippen LogP contribution in [-0.4, -0.2) is 14.9 Å². The molecule has 23 heavy (non-hydrogen) atoms. The van der Waals surface area contributed by atoms with Gasteiger partial charge in [-0.1, -0.05) is 41.4 Å². The Bertz CT molecular complexity index is 778. The number of nitrogens with one attached hydrogen (secondary N) is 1. The zero-order valence-electron chi connectivity index (χ0n) is 12.1. The average molecular weight is 349 g/mol. The van der Waals surface area contributed by atoms with E-state index >= 15 is 0 Å². The van der Waals surface area contributed by atoms with E-state index in [4.69, 9.17) is 27.9 Å². The van der Waals surface area contributed by atoms with Gasteiger partial charge < -0.3 is 10.2 Å². The number of hydrogen-bond acceptors (Lipinski definition) is 4. The van der Waals surface area contributed by atoms with E-state index in [0.717, 1.165) is 16.9 Å². The van der Waals surface area contributed by atoms with Crippen molar-refractivity contribution in [3.05, 3.63) is 76.3 Å². The first-order valence-corrected chi connectivity index (χ1v) is 7.71. The lowest BCUT2D eigenvalue weighted by Gasteiger charge is -2.14. The van der Waals surface area contributed by atoms with Crippen molar-refractivity contribution >= 4 is 23.2 Å². The predicted octanol–water partition coefficient (Wildman–Crippen LogP) is 3.91. The van der Waals surface area contributed by atoms with Crippen molar-refractivity contribution in [1.29, 1.82) is 0 Å². The van der Waals surface area contributed by atoms with Crippen LogP contribution in [0.25, 0.3) is 0 Å². The molecule has 3 aromatic rings. The number of hydrogen-bond donors (Lipinski definition) is 1. The summed E-state index contributed by atoms with van der Waals surface area (Å²) in [7, 11) is 0. The molecule has 0 atom stereocenters. The zero-order chi connectivity index (χ0) is 16.1. The summed E-state index contributed by atoms with van der Waals surface area (Å²) >= 11 is 12.2. The second kappa shape index (κ2) is 7.35. The lowest BCUT2D eigenvalue weighted by molar-refractivity contribution is 0.303. The highest BCUT2D eigenvalue weighted by molar-refractivity contribution is 6.31. The van der Waals surface area contributed by atoms with Crippen LogP contribution in [0.2, 0.25) is 10.0 Å². The third kappa shape index (κ3) is 4.15. The molecule has 5 nitrogen and oxygen atoms in total. The van der Waals surface area contributed by atoms with Gasteiger partial charge in [-0.25, -0.2) is 4.68 Å². The number of aromatic nitrogens is 3. The van der Waals surface area contributed by atoms with Crippen LogP contribution in [-0.2, 0) is 13.2 Å². The lowest BCUT2D eigenvalue weighted by atomic mass is 10.2. The van der Waals surface area contributed by atoms with Gasteiger partial charge in [-0.05, 0) is 24.3 Å². The Hall–Kier alpha value is -2.24. The maximum absolute atomic E-state index is 6.15. The van der Waals surface area contributed by atoms with Crippen molar-refractivity contribution in [3.63, 3.8) is 0 Å². The first-order valence-electron chi connectivity index (χ1n) is 6.95. The maximum Gasteiger partial charge on any atom is 0.138 e. The average Bonchev–Trinajstić information content (AvgIpc) is 3.07. The van der Waals surface area contributed by atoms with Gasteiger partial charge in [0.2, 0.25) is 0 Å². The standard InChI is InChI=1S/C16H14Cl2N4O/c17-14-5-6-16(23-9-12-3-1-2-4-15(12)18)13(7-14)8-21-22-10-19-20-11-22/h1-7,10-11,21H,8-9H2. The number of ether oxygens (including phenoxy) is 1. The Morgan fingerprint density at radius 2 is 1.78 bits per heavy atom. The molecule has 0 saturated heterocycles. The number of halogens is 2. The summed E-state index contributed by atoms with van der Waals surface area (Å²) in [6.07, 6.45) is 3.16. The summed E-state index contributed by atoms with van der Waals surface area (Å²) < 4.78 is 7.57. The molecule has 0 aliphatic carbocycles. The minimum absolute atomic E-state index is 0.390. The van der Waals surface area contributed by atoms with Gasteiger partial charge in [0.15, 0.2) is 0 Å². The Labute approximate surface area is 143 Å². The topological polar surface area (TPSA) is 52.0 Å². The van der Waals surface area contributed by atoms with Crippen LogP contribution in [0.5, 0.6) is 5.75 Å². The normalized spacial score (nSPS) is 10.5. The molecule has 0 spiro atoms. The van der Waals surface area contributed by atoms with Gasteiger partial charge in [-0.2, -0.15) is 0 Å². The third-order valence-electron chi connectivity index (χ3n) is 3.23. The molecule has 0 aliphatic rings. The summed E-state index contributed by atoms with van der Waals surface area (Å²) in [6, 6.07) is 13.1. The molecule has 0 fully saturated rings. The van der Waals surface area contributed by atoms with Gasteiger partial charge in [-0.15, -0.1) is 10.2 Å². The van der Waals surface area contributed by atoms with Crippen LogP contribution in [0.4, 0.5) is 0 Å². The van der Waals surface area contributed by atoms with Crippen molar-refractivity contribution in [2.45, 2.75) is 13.2 Å². The van der Waals surface area contributed by atoms with E-state index in [2.05, 4.69) is 15.6 Å². The van der Waals surface area contributed by atoms with Gasteiger partial charge in [0.25, 0.3) is 0 Å². The van der Waals surface area contributed by atoms with E-state index in [-0.39, 0.29) is 0 Å². The second-order valence-electron chi connectivity index (χ2n) is 4.84. The molecule has 3 rings (SSSR count). The maximum atomic E-state index is 6.15. The van der Waals surface area contributed by atoms with Crippen LogP contribution in [0.3, 0.4) is 0 Å². The highest BCUT2D eigenvalue weighted by Crippen LogP contribution is 2.25. The molecule has 0 aliphatic heterocycles. The Kier molecular flexibility index (Phi) is 5.00. The summed E-state index contributed by atoms with van der Waals surface area (Å²) in [5.41, 5.74) is 5.01. The fourth-order valence-corrected chi connectivity index (χ4v) is 2.44. The van der Waals surface area contributed by atoms with Crippen molar-refractivity contribution < 1.29 is 4.74 Å². The Balaban J connectivity index is 1.72. The largest absolute Gasteiger partial charge is 0.488 e. The fraction of sp³-hybridized carbons (Fsp3) is 0.125. The number of nitrogens with zero attached hydrogens (tertiary/aromatic N) is 3. The van der Waals surface area contributed by atoms with Gasteiger partial charge in [-0.3, -0.25) is 0 Å². The van der Waals surface area contributed by atoms with Crippen LogP contribution in [0, 0.1) is 0 Å². The lowest BCUT2D eigenvalue weighted by Crippen LogP contribution is -2.13. The van der Waals surface area contributed by atoms with Gasteiger partial charge in [0.05, 0.1) is 6.54 Å². The molecule has 2 aromatic carbocycles. The van der Waals surface area contributed by atoms with Crippen molar-refractivity contribution in [3.8, 4) is 5.75 Å². The first kappa shape index (κ1) is 15.6. The molecular formula is C16H14Cl2N4O. The number of benzene rings is 2. The van der Waals surface area contributed by atoms with Crippen molar-refractivity contribution in [1.82, 2.24) is 14.9 Å². The quantitative estimate of drug-likeness (QED) is 0.733. The molecule has 0 amide bonds. The zero-order valence-corrected chi connectivity index (χ0v) is 13.6. The minimum Gasteiger partial charge on any atom is -0.488 e. The van der Waals surface area contributed by atoms with E-state index in [0.29, 0.717) is 23.2 Å². The second-order valence-corrected chi connectivity index (χ2v) is 5.68. The van der Waals surface area contributed by atoms with Crippen LogP contribution in [0.1, 0.15) is 11.1 Å². The molecule has 118 valence electrons. The molecule has 1 heterocycles. The van der Waals surface area contributed by atoms with Crippen LogP contribution >= 0.6 is 23.2 Å². The van der Waals surface area contributed by atoms with E-state index in [1.807, 2.05) is 36.4 Å².